The van der Waals surface area contributed by atoms with E-state index in [0.717, 1.165) is 46.5 Å². The molecule has 0 atom stereocenters. The van der Waals surface area contributed by atoms with Crippen molar-refractivity contribution in [3.63, 3.8) is 0 Å². The van der Waals surface area contributed by atoms with Crippen LogP contribution in [0.25, 0.3) is 10.9 Å². The Bertz CT molecular complexity index is 1010. The first kappa shape index (κ1) is 17.9. The van der Waals surface area contributed by atoms with Crippen LogP contribution in [0, 0.1) is 6.92 Å². The Morgan fingerprint density at radius 3 is 3.04 bits per heavy atom. The fraction of sp³-hybridized carbons (Fsp3) is 0.350. The molecule has 0 saturated carbocycles. The van der Waals surface area contributed by atoms with Gasteiger partial charge in [0.1, 0.15) is 17.1 Å². The number of fused-ring (bicyclic) bond motifs is 2. The van der Waals surface area contributed by atoms with Gasteiger partial charge in [0, 0.05) is 23.4 Å². The summed E-state index contributed by atoms with van der Waals surface area (Å²) < 4.78 is 5.35. The smallest absolute Gasteiger partial charge is 0.341 e. The Morgan fingerprint density at radius 1 is 1.37 bits per heavy atom. The van der Waals surface area contributed by atoms with Crippen molar-refractivity contribution in [1.82, 2.24) is 14.9 Å². The number of carbonyl (C=O) groups is 1. The maximum Gasteiger partial charge on any atom is 0.341 e. The number of hydrogen-bond donors (Lipinski definition) is 1. The Labute approximate surface area is 162 Å². The number of nitrogens with zero attached hydrogens (tertiary/aromatic N) is 3. The number of benzene rings is 1. The summed E-state index contributed by atoms with van der Waals surface area (Å²) in [7, 11) is 2.10. The summed E-state index contributed by atoms with van der Waals surface area (Å²) in [6.45, 7) is 6.01. The summed E-state index contributed by atoms with van der Waals surface area (Å²) in [5.74, 6) is 0.442. The normalized spacial score (nSPS) is 14.2. The molecule has 3 heterocycles. The maximum absolute atomic E-state index is 12.7. The van der Waals surface area contributed by atoms with Gasteiger partial charge in [0.15, 0.2) is 0 Å². The number of aromatic nitrogens is 2. The molecule has 0 fully saturated rings. The van der Waals surface area contributed by atoms with Gasteiger partial charge in [-0.2, -0.15) is 0 Å². The summed E-state index contributed by atoms with van der Waals surface area (Å²) in [6, 6.07) is 6.07. The van der Waals surface area contributed by atoms with E-state index in [1.165, 1.54) is 4.88 Å². The first-order valence-corrected chi connectivity index (χ1v) is 9.87. The van der Waals surface area contributed by atoms with Gasteiger partial charge in [-0.25, -0.2) is 14.8 Å². The fourth-order valence-corrected chi connectivity index (χ4v) is 4.73. The van der Waals surface area contributed by atoms with Gasteiger partial charge in [-0.3, -0.25) is 0 Å². The molecule has 140 valence electrons. The monoisotopic (exact) mass is 382 g/mol. The lowest BCUT2D eigenvalue weighted by molar-refractivity contribution is 0.0526. The van der Waals surface area contributed by atoms with E-state index in [2.05, 4.69) is 33.3 Å². The summed E-state index contributed by atoms with van der Waals surface area (Å²) >= 11 is 1.61. The number of rotatable bonds is 4. The molecule has 1 N–H and O–H groups in total. The third kappa shape index (κ3) is 3.40. The molecular weight excluding hydrogens is 360 g/mol. The molecule has 1 aliphatic rings. The van der Waals surface area contributed by atoms with Gasteiger partial charge in [0.2, 0.25) is 0 Å². The van der Waals surface area contributed by atoms with E-state index in [1.54, 1.807) is 17.7 Å². The molecule has 7 heteroatoms. The number of nitrogens with one attached hydrogen (secondary N) is 1. The Balaban J connectivity index is 1.80. The summed E-state index contributed by atoms with van der Waals surface area (Å²) in [4.78, 5) is 24.9. The maximum atomic E-state index is 12.7. The number of likely N-dealkylation sites (N-methyl/N-ethyl adjacent to an activating group) is 1. The SMILES string of the molecule is CCOC(=O)c1c(Nc2ncnc3ccc(C)cc23)sc2c1CCN(C)C2. The fourth-order valence-electron chi connectivity index (χ4n) is 3.42. The molecule has 6 nitrogen and oxygen atoms in total. The molecule has 0 radical (unpaired) electrons. The van der Waals surface area contributed by atoms with Gasteiger partial charge in [-0.05, 0) is 45.0 Å². The largest absolute Gasteiger partial charge is 0.462 e. The number of hydrogen-bond acceptors (Lipinski definition) is 7. The molecule has 27 heavy (non-hydrogen) atoms. The molecule has 0 amide bonds. The van der Waals surface area contributed by atoms with Crippen LogP contribution in [0.2, 0.25) is 0 Å². The Hall–Kier alpha value is -2.51. The van der Waals surface area contributed by atoms with Crippen molar-refractivity contribution in [3.05, 3.63) is 46.1 Å². The molecule has 0 spiro atoms. The van der Waals surface area contributed by atoms with Crippen LogP contribution in [0.15, 0.2) is 24.5 Å². The second-order valence-electron chi connectivity index (χ2n) is 6.78. The number of esters is 1. The second-order valence-corrected chi connectivity index (χ2v) is 7.89. The first-order valence-electron chi connectivity index (χ1n) is 9.05. The predicted octanol–water partition coefficient (Wildman–Crippen LogP) is 3.91. The van der Waals surface area contributed by atoms with Crippen LogP contribution in [0.1, 0.15) is 33.3 Å². The second kappa shape index (κ2) is 7.25. The quantitative estimate of drug-likeness (QED) is 0.690. The zero-order chi connectivity index (χ0) is 19.0. The highest BCUT2D eigenvalue weighted by Gasteiger charge is 2.28. The number of carbonyl (C=O) groups excluding carboxylic acids is 1. The van der Waals surface area contributed by atoms with E-state index in [0.29, 0.717) is 18.0 Å². The van der Waals surface area contributed by atoms with Gasteiger partial charge in [-0.1, -0.05) is 11.6 Å². The van der Waals surface area contributed by atoms with E-state index in [1.807, 2.05) is 26.0 Å². The van der Waals surface area contributed by atoms with Crippen LogP contribution in [-0.2, 0) is 17.7 Å². The minimum Gasteiger partial charge on any atom is -0.462 e. The minimum absolute atomic E-state index is 0.267. The lowest BCUT2D eigenvalue weighted by Gasteiger charge is -2.22. The van der Waals surface area contributed by atoms with E-state index in [9.17, 15) is 4.79 Å². The molecule has 2 aromatic heterocycles. The highest BCUT2D eigenvalue weighted by molar-refractivity contribution is 7.16. The Kier molecular flexibility index (Phi) is 4.80. The first-order chi connectivity index (χ1) is 13.1. The summed E-state index contributed by atoms with van der Waals surface area (Å²) in [6.07, 6.45) is 2.40. The topological polar surface area (TPSA) is 67.3 Å². The van der Waals surface area contributed by atoms with Crippen LogP contribution >= 0.6 is 11.3 Å². The average molecular weight is 382 g/mol. The van der Waals surface area contributed by atoms with Crippen LogP contribution in [0.5, 0.6) is 0 Å². The van der Waals surface area contributed by atoms with Gasteiger partial charge in [-0.15, -0.1) is 11.3 Å². The van der Waals surface area contributed by atoms with Crippen molar-refractivity contribution in [2.75, 3.05) is 25.5 Å². The lowest BCUT2D eigenvalue weighted by Crippen LogP contribution is -2.26. The van der Waals surface area contributed by atoms with Crippen LogP contribution < -0.4 is 5.32 Å². The number of thiophene rings is 1. The third-order valence-electron chi connectivity index (χ3n) is 4.75. The molecule has 0 unspecified atom stereocenters. The van der Waals surface area contributed by atoms with E-state index >= 15 is 0 Å². The van der Waals surface area contributed by atoms with Gasteiger partial charge >= 0.3 is 5.97 Å². The van der Waals surface area contributed by atoms with Crippen molar-refractivity contribution < 1.29 is 9.53 Å². The molecule has 1 aliphatic heterocycles. The lowest BCUT2D eigenvalue weighted by atomic mass is 10.0. The summed E-state index contributed by atoms with van der Waals surface area (Å²) in [5.41, 5.74) is 3.77. The molecule has 1 aromatic carbocycles. The highest BCUT2D eigenvalue weighted by Crippen LogP contribution is 2.39. The van der Waals surface area contributed by atoms with Crippen molar-refractivity contribution in [3.8, 4) is 0 Å². The van der Waals surface area contributed by atoms with Crippen LogP contribution in [0.3, 0.4) is 0 Å². The molecular formula is C20H22N4O2S. The third-order valence-corrected chi connectivity index (χ3v) is 5.88. The standard InChI is InChI=1S/C20H22N4O2S/c1-4-26-20(25)17-13-7-8-24(3)10-16(13)27-19(17)23-18-14-9-12(2)5-6-15(14)21-11-22-18/h5-6,9,11H,4,7-8,10H2,1-3H3,(H,21,22,23). The molecule has 0 bridgehead atoms. The van der Waals surface area contributed by atoms with E-state index in [-0.39, 0.29) is 5.97 Å². The van der Waals surface area contributed by atoms with Crippen molar-refractivity contribution in [1.29, 1.82) is 0 Å². The minimum atomic E-state index is -0.267. The van der Waals surface area contributed by atoms with Crippen LogP contribution in [0.4, 0.5) is 10.8 Å². The van der Waals surface area contributed by atoms with E-state index in [4.69, 9.17) is 4.74 Å². The number of ether oxygens (including phenoxy) is 1. The van der Waals surface area contributed by atoms with Gasteiger partial charge in [0.05, 0.1) is 17.7 Å². The average Bonchev–Trinajstić information content (AvgIpc) is 2.99. The van der Waals surface area contributed by atoms with Gasteiger partial charge < -0.3 is 15.0 Å². The van der Waals surface area contributed by atoms with Gasteiger partial charge in [0.25, 0.3) is 0 Å². The highest BCUT2D eigenvalue weighted by atomic mass is 32.1. The molecule has 3 aromatic rings. The number of aryl methyl sites for hydroxylation is 1. The zero-order valence-electron chi connectivity index (χ0n) is 15.7. The van der Waals surface area contributed by atoms with E-state index < -0.39 is 0 Å². The molecule has 4 rings (SSSR count). The van der Waals surface area contributed by atoms with Crippen LogP contribution in [-0.4, -0.2) is 41.0 Å². The van der Waals surface area contributed by atoms with Crippen molar-refractivity contribution >= 4 is 39.0 Å². The van der Waals surface area contributed by atoms with Crippen molar-refractivity contribution in [2.45, 2.75) is 26.8 Å². The number of anilines is 2. The predicted molar refractivity (Wildman–Crippen MR) is 108 cm³/mol. The van der Waals surface area contributed by atoms with Crippen molar-refractivity contribution in [2.24, 2.45) is 0 Å². The zero-order valence-corrected chi connectivity index (χ0v) is 16.5. The molecule has 0 saturated heterocycles. The molecule has 0 aliphatic carbocycles. The Morgan fingerprint density at radius 2 is 2.22 bits per heavy atom. The summed E-state index contributed by atoms with van der Waals surface area (Å²) in [5, 5.41) is 5.14.